The minimum absolute atomic E-state index is 0.0952. The van der Waals surface area contributed by atoms with Gasteiger partial charge >= 0.3 is 0 Å². The Bertz CT molecular complexity index is 811. The van der Waals surface area contributed by atoms with Crippen molar-refractivity contribution in [3.8, 4) is 0 Å². The van der Waals surface area contributed by atoms with E-state index in [9.17, 15) is 4.79 Å². The van der Waals surface area contributed by atoms with Crippen LogP contribution in [-0.4, -0.2) is 47.1 Å². The summed E-state index contributed by atoms with van der Waals surface area (Å²) in [5.41, 5.74) is 0. The molecule has 1 unspecified atom stereocenters. The van der Waals surface area contributed by atoms with Crippen LogP contribution in [0.15, 0.2) is 60.7 Å². The zero-order valence-corrected chi connectivity index (χ0v) is 25.5. The molecule has 0 saturated carbocycles. The Balaban J connectivity index is 2.18. The SMILES string of the molecule is CCCCCCCCOCC(COCCCCCC=O)O[Si](c1ccccc1)(c1ccccc1)C(C)(C)C. The second-order valence-corrected chi connectivity index (χ2v) is 15.6. The van der Waals surface area contributed by atoms with Gasteiger partial charge in [-0.1, -0.05) is 127 Å². The van der Waals surface area contributed by atoms with E-state index >= 15 is 0 Å². The third kappa shape index (κ3) is 10.8. The van der Waals surface area contributed by atoms with E-state index in [1.807, 2.05) is 0 Å². The van der Waals surface area contributed by atoms with E-state index in [0.29, 0.717) is 26.2 Å². The van der Waals surface area contributed by atoms with E-state index in [1.165, 1.54) is 42.5 Å². The van der Waals surface area contributed by atoms with Gasteiger partial charge in [0.25, 0.3) is 8.32 Å². The van der Waals surface area contributed by atoms with Gasteiger partial charge in [0, 0.05) is 19.6 Å². The Morgan fingerprint density at radius 1 is 0.711 bits per heavy atom. The third-order valence-corrected chi connectivity index (χ3v) is 12.2. The summed E-state index contributed by atoms with van der Waals surface area (Å²) in [7, 11) is -2.69. The minimum atomic E-state index is -2.69. The van der Waals surface area contributed by atoms with Crippen molar-refractivity contribution in [1.82, 2.24) is 0 Å². The molecule has 0 N–H and O–H groups in total. The summed E-state index contributed by atoms with van der Waals surface area (Å²) in [6, 6.07) is 21.5. The van der Waals surface area contributed by atoms with Crippen LogP contribution in [0.3, 0.4) is 0 Å². The molecule has 0 saturated heterocycles. The van der Waals surface area contributed by atoms with Crippen LogP contribution in [0, 0.1) is 0 Å². The van der Waals surface area contributed by atoms with Crippen molar-refractivity contribution in [3.63, 3.8) is 0 Å². The zero-order chi connectivity index (χ0) is 27.5. The Kier molecular flexibility index (Phi) is 15.8. The summed E-state index contributed by atoms with van der Waals surface area (Å²) >= 11 is 0. The lowest BCUT2D eigenvalue weighted by molar-refractivity contribution is -0.107. The first-order valence-corrected chi connectivity index (χ1v) is 16.7. The minimum Gasteiger partial charge on any atom is -0.400 e. The third-order valence-electron chi connectivity index (χ3n) is 7.12. The van der Waals surface area contributed by atoms with Gasteiger partial charge in [0.15, 0.2) is 0 Å². The number of hydrogen-bond donors (Lipinski definition) is 0. The Labute approximate surface area is 233 Å². The van der Waals surface area contributed by atoms with E-state index in [2.05, 4.69) is 88.4 Å². The fourth-order valence-corrected chi connectivity index (χ4v) is 9.73. The number of carbonyl (C=O) groups excluding carboxylic acids is 1. The average molecular weight is 541 g/mol. The van der Waals surface area contributed by atoms with Crippen molar-refractivity contribution in [3.05, 3.63) is 60.7 Å². The van der Waals surface area contributed by atoms with Crippen LogP contribution in [0.5, 0.6) is 0 Å². The number of hydrogen-bond acceptors (Lipinski definition) is 4. The van der Waals surface area contributed by atoms with Gasteiger partial charge in [-0.25, -0.2) is 0 Å². The highest BCUT2D eigenvalue weighted by Gasteiger charge is 2.51. The molecule has 212 valence electrons. The highest BCUT2D eigenvalue weighted by Crippen LogP contribution is 2.37. The molecule has 0 amide bonds. The van der Waals surface area contributed by atoms with Crippen molar-refractivity contribution in [2.45, 2.75) is 103 Å². The number of ether oxygens (including phenoxy) is 2. The van der Waals surface area contributed by atoms with E-state index in [-0.39, 0.29) is 11.1 Å². The second-order valence-electron chi connectivity index (χ2n) is 11.3. The predicted molar refractivity (Wildman–Crippen MR) is 162 cm³/mol. The molecular formula is C33H52O4Si. The molecule has 4 nitrogen and oxygen atoms in total. The van der Waals surface area contributed by atoms with Gasteiger partial charge in [0.05, 0.1) is 19.3 Å². The van der Waals surface area contributed by atoms with Crippen LogP contribution in [-0.2, 0) is 18.7 Å². The molecule has 2 rings (SSSR count). The summed E-state index contributed by atoms with van der Waals surface area (Å²) in [6.07, 6.45) is 11.9. The quantitative estimate of drug-likeness (QED) is 0.0964. The molecule has 0 spiro atoms. The van der Waals surface area contributed by atoms with Gasteiger partial charge < -0.3 is 18.7 Å². The number of aldehydes is 1. The van der Waals surface area contributed by atoms with Crippen LogP contribution in [0.4, 0.5) is 0 Å². The van der Waals surface area contributed by atoms with Gasteiger partial charge in [-0.3, -0.25) is 0 Å². The summed E-state index contributed by atoms with van der Waals surface area (Å²) in [5.74, 6) is 0. The molecule has 2 aromatic carbocycles. The van der Waals surface area contributed by atoms with Crippen LogP contribution >= 0.6 is 0 Å². The van der Waals surface area contributed by atoms with Crippen LogP contribution < -0.4 is 10.4 Å². The Morgan fingerprint density at radius 2 is 1.18 bits per heavy atom. The molecule has 38 heavy (non-hydrogen) atoms. The first-order chi connectivity index (χ1) is 18.5. The van der Waals surface area contributed by atoms with Gasteiger partial charge in [-0.2, -0.15) is 0 Å². The number of unbranched alkanes of at least 4 members (excludes halogenated alkanes) is 8. The maximum atomic E-state index is 10.6. The lowest BCUT2D eigenvalue weighted by Crippen LogP contribution is -2.68. The smallest absolute Gasteiger partial charge is 0.261 e. The first kappa shape index (κ1) is 32.4. The molecule has 0 aliphatic carbocycles. The second kappa shape index (κ2) is 18.5. The van der Waals surface area contributed by atoms with Crippen molar-refractivity contribution in [2.75, 3.05) is 26.4 Å². The van der Waals surface area contributed by atoms with E-state index in [4.69, 9.17) is 13.9 Å². The van der Waals surface area contributed by atoms with Gasteiger partial charge in [0.1, 0.15) is 6.29 Å². The lowest BCUT2D eigenvalue weighted by Gasteiger charge is -2.45. The molecule has 0 bridgehead atoms. The lowest BCUT2D eigenvalue weighted by atomic mass is 10.1. The normalized spacial score (nSPS) is 12.9. The predicted octanol–water partition coefficient (Wildman–Crippen LogP) is 7.08. The van der Waals surface area contributed by atoms with Crippen molar-refractivity contribution in [1.29, 1.82) is 0 Å². The summed E-state index contributed by atoms with van der Waals surface area (Å²) < 4.78 is 19.7. The van der Waals surface area contributed by atoms with Crippen LogP contribution in [0.25, 0.3) is 0 Å². The number of benzene rings is 2. The zero-order valence-electron chi connectivity index (χ0n) is 24.5. The molecule has 0 fully saturated rings. The average Bonchev–Trinajstić information content (AvgIpc) is 2.92. The molecular weight excluding hydrogens is 488 g/mol. The topological polar surface area (TPSA) is 44.8 Å². The van der Waals surface area contributed by atoms with Crippen molar-refractivity contribution in [2.24, 2.45) is 0 Å². The molecule has 5 heteroatoms. The fraction of sp³-hybridized carbons (Fsp3) is 0.606. The fourth-order valence-electron chi connectivity index (χ4n) is 5.08. The van der Waals surface area contributed by atoms with Crippen LogP contribution in [0.2, 0.25) is 5.04 Å². The van der Waals surface area contributed by atoms with E-state index in [1.54, 1.807) is 0 Å². The largest absolute Gasteiger partial charge is 0.400 e. The van der Waals surface area contributed by atoms with Gasteiger partial charge in [-0.05, 0) is 34.7 Å². The number of rotatable bonds is 21. The summed E-state index contributed by atoms with van der Waals surface area (Å²) in [6.45, 7) is 11.7. The first-order valence-electron chi connectivity index (χ1n) is 14.8. The van der Waals surface area contributed by atoms with Gasteiger partial charge in [-0.15, -0.1) is 0 Å². The van der Waals surface area contributed by atoms with E-state index < -0.39 is 8.32 Å². The molecule has 2 aromatic rings. The van der Waals surface area contributed by atoms with E-state index in [0.717, 1.165) is 38.6 Å². The van der Waals surface area contributed by atoms with Crippen molar-refractivity contribution < 1.29 is 18.7 Å². The van der Waals surface area contributed by atoms with Crippen LogP contribution in [0.1, 0.15) is 91.9 Å². The standard InChI is InChI=1S/C33H52O4Si/c1-5-6-7-8-10-19-26-35-28-30(29-36-27-20-11-9-18-25-34)37-38(33(2,3)4,31-21-14-12-15-22-31)32-23-16-13-17-24-32/h12-17,21-25,30H,5-11,18-20,26-29H2,1-4H3. The van der Waals surface area contributed by atoms with Gasteiger partial charge in [0.2, 0.25) is 0 Å². The molecule has 0 heterocycles. The number of carbonyl (C=O) groups is 1. The highest BCUT2D eigenvalue weighted by molar-refractivity contribution is 6.99. The Morgan fingerprint density at radius 3 is 1.66 bits per heavy atom. The maximum Gasteiger partial charge on any atom is 0.261 e. The molecule has 0 aromatic heterocycles. The molecule has 0 aliphatic rings. The molecule has 0 radical (unpaired) electrons. The Hall–Kier alpha value is -1.79. The highest BCUT2D eigenvalue weighted by atomic mass is 28.4. The maximum absolute atomic E-state index is 10.6. The summed E-state index contributed by atoms with van der Waals surface area (Å²) in [4.78, 5) is 10.6. The molecule has 0 aliphatic heterocycles. The summed E-state index contributed by atoms with van der Waals surface area (Å²) in [5, 5.41) is 2.45. The molecule has 1 atom stereocenters. The van der Waals surface area contributed by atoms with Crippen molar-refractivity contribution >= 4 is 25.0 Å². The monoisotopic (exact) mass is 540 g/mol.